The molecule has 0 heterocycles. The maximum absolute atomic E-state index is 10.3. The average Bonchev–Trinajstić information content (AvgIpc) is 2.74. The molecule has 1 aromatic carbocycles. The SMILES string of the molecule is CC(CC(O)Cc1ccc2c(c1)CCC2)C(C)(C)C. The molecule has 0 aliphatic heterocycles. The Morgan fingerprint density at radius 2 is 1.84 bits per heavy atom. The van der Waals surface area contributed by atoms with Crippen molar-refractivity contribution in [3.63, 3.8) is 0 Å². The molecule has 0 bridgehead atoms. The number of fused-ring (bicyclic) bond motifs is 1. The second-order valence-corrected chi connectivity index (χ2v) is 7.32. The van der Waals surface area contributed by atoms with Gasteiger partial charge < -0.3 is 5.11 Å². The topological polar surface area (TPSA) is 20.2 Å². The van der Waals surface area contributed by atoms with Gasteiger partial charge >= 0.3 is 0 Å². The fourth-order valence-electron chi connectivity index (χ4n) is 2.87. The lowest BCUT2D eigenvalue weighted by Gasteiger charge is -2.29. The Bertz CT molecular complexity index is 428. The normalized spacial score (nSPS) is 18.2. The summed E-state index contributed by atoms with van der Waals surface area (Å²) in [7, 11) is 0. The van der Waals surface area contributed by atoms with Gasteiger partial charge in [-0.15, -0.1) is 0 Å². The zero-order valence-corrected chi connectivity index (χ0v) is 12.9. The molecule has 0 fully saturated rings. The molecule has 0 amide bonds. The van der Waals surface area contributed by atoms with E-state index in [1.165, 1.54) is 36.0 Å². The number of hydrogen-bond acceptors (Lipinski definition) is 1. The highest BCUT2D eigenvalue weighted by Gasteiger charge is 2.23. The summed E-state index contributed by atoms with van der Waals surface area (Å²) < 4.78 is 0. The summed E-state index contributed by atoms with van der Waals surface area (Å²) in [6.45, 7) is 8.99. The van der Waals surface area contributed by atoms with Crippen molar-refractivity contribution < 1.29 is 5.11 Å². The first-order chi connectivity index (χ1) is 8.86. The lowest BCUT2D eigenvalue weighted by Crippen LogP contribution is -2.24. The van der Waals surface area contributed by atoms with Crippen LogP contribution < -0.4 is 0 Å². The van der Waals surface area contributed by atoms with Gasteiger partial charge in [-0.3, -0.25) is 0 Å². The first-order valence-corrected chi connectivity index (χ1v) is 7.65. The number of hydrogen-bond donors (Lipinski definition) is 1. The maximum Gasteiger partial charge on any atom is 0.0583 e. The van der Waals surface area contributed by atoms with Gasteiger partial charge in [-0.05, 0) is 60.1 Å². The van der Waals surface area contributed by atoms with Gasteiger partial charge in [0.15, 0.2) is 0 Å². The van der Waals surface area contributed by atoms with Crippen LogP contribution in [0.1, 0.15) is 57.2 Å². The number of aliphatic hydroxyl groups is 1. The van der Waals surface area contributed by atoms with Crippen molar-refractivity contribution in [1.82, 2.24) is 0 Å². The van der Waals surface area contributed by atoms with Gasteiger partial charge in [0.1, 0.15) is 0 Å². The van der Waals surface area contributed by atoms with Gasteiger partial charge in [-0.25, -0.2) is 0 Å². The molecule has 19 heavy (non-hydrogen) atoms. The fraction of sp³-hybridized carbons (Fsp3) is 0.667. The fourth-order valence-corrected chi connectivity index (χ4v) is 2.87. The summed E-state index contributed by atoms with van der Waals surface area (Å²) in [5, 5.41) is 10.3. The minimum Gasteiger partial charge on any atom is -0.393 e. The number of rotatable bonds is 4. The molecule has 2 unspecified atom stereocenters. The van der Waals surface area contributed by atoms with E-state index >= 15 is 0 Å². The Balaban J connectivity index is 1.94. The highest BCUT2D eigenvalue weighted by Crippen LogP contribution is 2.30. The van der Waals surface area contributed by atoms with Crippen LogP contribution in [0.25, 0.3) is 0 Å². The van der Waals surface area contributed by atoms with E-state index in [9.17, 15) is 5.11 Å². The molecule has 2 atom stereocenters. The molecule has 2 rings (SSSR count). The zero-order valence-electron chi connectivity index (χ0n) is 12.9. The number of aliphatic hydroxyl groups excluding tert-OH is 1. The van der Waals surface area contributed by atoms with Gasteiger partial charge in [-0.1, -0.05) is 45.9 Å². The van der Waals surface area contributed by atoms with Gasteiger partial charge in [0.05, 0.1) is 6.10 Å². The monoisotopic (exact) mass is 260 g/mol. The van der Waals surface area contributed by atoms with Crippen molar-refractivity contribution in [2.75, 3.05) is 0 Å². The molecular formula is C18H28O. The van der Waals surface area contributed by atoms with E-state index in [-0.39, 0.29) is 11.5 Å². The van der Waals surface area contributed by atoms with Crippen LogP contribution in [-0.4, -0.2) is 11.2 Å². The molecule has 1 aliphatic carbocycles. The van der Waals surface area contributed by atoms with E-state index < -0.39 is 0 Å². The van der Waals surface area contributed by atoms with Crippen molar-refractivity contribution in [3.8, 4) is 0 Å². The first kappa shape index (κ1) is 14.6. The van der Waals surface area contributed by atoms with E-state index in [1.54, 1.807) is 0 Å². The van der Waals surface area contributed by atoms with Crippen molar-refractivity contribution >= 4 is 0 Å². The summed E-state index contributed by atoms with van der Waals surface area (Å²) in [4.78, 5) is 0. The summed E-state index contributed by atoms with van der Waals surface area (Å²) >= 11 is 0. The van der Waals surface area contributed by atoms with E-state index in [0.717, 1.165) is 12.8 Å². The summed E-state index contributed by atoms with van der Waals surface area (Å²) in [5.74, 6) is 0.539. The lowest BCUT2D eigenvalue weighted by molar-refractivity contribution is 0.110. The van der Waals surface area contributed by atoms with Crippen LogP contribution in [0, 0.1) is 11.3 Å². The second-order valence-electron chi connectivity index (χ2n) is 7.32. The van der Waals surface area contributed by atoms with Crippen LogP contribution >= 0.6 is 0 Å². The van der Waals surface area contributed by atoms with Crippen LogP contribution in [0.15, 0.2) is 18.2 Å². The average molecular weight is 260 g/mol. The molecule has 0 aromatic heterocycles. The van der Waals surface area contributed by atoms with Crippen molar-refractivity contribution in [1.29, 1.82) is 0 Å². The molecule has 0 saturated heterocycles. The summed E-state index contributed by atoms with van der Waals surface area (Å²) in [6.07, 6.45) is 5.22. The van der Waals surface area contributed by atoms with Crippen molar-refractivity contribution in [3.05, 3.63) is 34.9 Å². The predicted octanol–water partition coefficient (Wildman–Crippen LogP) is 4.15. The second kappa shape index (κ2) is 5.66. The molecule has 1 aliphatic rings. The van der Waals surface area contributed by atoms with Crippen LogP contribution in [-0.2, 0) is 19.3 Å². The Kier molecular flexibility index (Phi) is 4.35. The van der Waals surface area contributed by atoms with E-state index in [0.29, 0.717) is 5.92 Å². The summed E-state index contributed by atoms with van der Waals surface area (Å²) in [6, 6.07) is 6.78. The predicted molar refractivity (Wildman–Crippen MR) is 81.4 cm³/mol. The minimum absolute atomic E-state index is 0.214. The molecule has 0 radical (unpaired) electrons. The van der Waals surface area contributed by atoms with Gasteiger partial charge in [0, 0.05) is 0 Å². The molecule has 1 N–H and O–H groups in total. The number of aryl methyl sites for hydroxylation is 2. The largest absolute Gasteiger partial charge is 0.393 e. The third-order valence-electron chi connectivity index (χ3n) is 4.74. The Hall–Kier alpha value is -0.820. The standard InChI is InChI=1S/C18H28O/c1-13(18(2,3)4)10-17(19)12-14-8-9-15-6-5-7-16(15)11-14/h8-9,11,13,17,19H,5-7,10,12H2,1-4H3. The van der Waals surface area contributed by atoms with E-state index in [2.05, 4.69) is 45.9 Å². The molecule has 0 spiro atoms. The Morgan fingerprint density at radius 3 is 2.53 bits per heavy atom. The molecule has 1 heteroatoms. The molecular weight excluding hydrogens is 232 g/mol. The quantitative estimate of drug-likeness (QED) is 0.862. The van der Waals surface area contributed by atoms with E-state index in [1.807, 2.05) is 0 Å². The van der Waals surface area contributed by atoms with Gasteiger partial charge in [0.2, 0.25) is 0 Å². The number of benzene rings is 1. The minimum atomic E-state index is -0.214. The summed E-state index contributed by atoms with van der Waals surface area (Å²) in [5.41, 5.74) is 4.60. The lowest BCUT2D eigenvalue weighted by atomic mass is 9.78. The van der Waals surface area contributed by atoms with Crippen molar-refractivity contribution in [2.45, 2.75) is 65.9 Å². The molecule has 1 aromatic rings. The zero-order chi connectivity index (χ0) is 14.0. The molecule has 1 nitrogen and oxygen atoms in total. The van der Waals surface area contributed by atoms with E-state index in [4.69, 9.17) is 0 Å². The molecule has 106 valence electrons. The molecule has 0 saturated carbocycles. The van der Waals surface area contributed by atoms with Gasteiger partial charge in [-0.2, -0.15) is 0 Å². The third-order valence-corrected chi connectivity index (χ3v) is 4.74. The Labute approximate surface area is 118 Å². The van der Waals surface area contributed by atoms with Crippen LogP contribution in [0.4, 0.5) is 0 Å². The van der Waals surface area contributed by atoms with Crippen molar-refractivity contribution in [2.24, 2.45) is 11.3 Å². The highest BCUT2D eigenvalue weighted by molar-refractivity contribution is 5.35. The first-order valence-electron chi connectivity index (χ1n) is 7.65. The third kappa shape index (κ3) is 3.82. The smallest absolute Gasteiger partial charge is 0.0583 e. The Morgan fingerprint density at radius 1 is 1.16 bits per heavy atom. The van der Waals surface area contributed by atoms with Crippen LogP contribution in [0.3, 0.4) is 0 Å². The maximum atomic E-state index is 10.3. The van der Waals surface area contributed by atoms with Crippen LogP contribution in [0.2, 0.25) is 0 Å². The van der Waals surface area contributed by atoms with Gasteiger partial charge in [0.25, 0.3) is 0 Å². The van der Waals surface area contributed by atoms with Crippen LogP contribution in [0.5, 0.6) is 0 Å². The highest BCUT2D eigenvalue weighted by atomic mass is 16.3.